The highest BCUT2D eigenvalue weighted by atomic mass is 19.4. The zero-order valence-electron chi connectivity index (χ0n) is 21.2. The Morgan fingerprint density at radius 2 is 1.58 bits per heavy atom. The number of hydrogen-bond donors (Lipinski definition) is 1. The summed E-state index contributed by atoms with van der Waals surface area (Å²) >= 11 is 0. The van der Waals surface area contributed by atoms with Gasteiger partial charge < -0.3 is 29.2 Å². The zero-order chi connectivity index (χ0) is 28.6. The zero-order valence-corrected chi connectivity index (χ0v) is 21.2. The topological polar surface area (TPSA) is 141 Å². The van der Waals surface area contributed by atoms with E-state index in [4.69, 9.17) is 14.2 Å². The second-order valence-electron chi connectivity index (χ2n) is 8.42. The largest absolute Gasteiger partial charge is 0.471 e. The van der Waals surface area contributed by atoms with E-state index in [1.54, 1.807) is 0 Å². The Balaban J connectivity index is 1.99. The van der Waals surface area contributed by atoms with Crippen LogP contribution in [0, 0.1) is 5.92 Å². The Kier molecular flexibility index (Phi) is 10.6. The average molecular weight is 546 g/mol. The molecule has 0 aromatic heterocycles. The SMILES string of the molecule is COC(=O)CC[C@H](C(=O)OC)C1OC1CC[C@H](NC(=O)c1ccc(N(C)C(=O)C(F)(F)F)cc1)C(=O)OC. The third kappa shape index (κ3) is 8.16. The molecule has 14 heteroatoms. The highest BCUT2D eigenvalue weighted by Crippen LogP contribution is 2.36. The molecule has 4 atom stereocenters. The van der Waals surface area contributed by atoms with E-state index < -0.39 is 60.1 Å². The number of alkyl halides is 3. The molecule has 38 heavy (non-hydrogen) atoms. The van der Waals surface area contributed by atoms with Gasteiger partial charge in [0.2, 0.25) is 0 Å². The second-order valence-corrected chi connectivity index (χ2v) is 8.42. The first-order chi connectivity index (χ1) is 17.8. The van der Waals surface area contributed by atoms with Gasteiger partial charge in [0.25, 0.3) is 5.91 Å². The van der Waals surface area contributed by atoms with Crippen molar-refractivity contribution < 1.29 is 56.1 Å². The van der Waals surface area contributed by atoms with E-state index in [9.17, 15) is 37.1 Å². The monoisotopic (exact) mass is 546 g/mol. The molecule has 1 aliphatic rings. The van der Waals surface area contributed by atoms with Crippen LogP contribution in [-0.4, -0.2) is 82.5 Å². The normalized spacial score (nSPS) is 18.0. The Bertz CT molecular complexity index is 1030. The van der Waals surface area contributed by atoms with Crippen molar-refractivity contribution >= 4 is 35.4 Å². The summed E-state index contributed by atoms with van der Waals surface area (Å²) in [5.41, 5.74) is -0.0534. The van der Waals surface area contributed by atoms with Crippen molar-refractivity contribution in [3.8, 4) is 0 Å². The van der Waals surface area contributed by atoms with Crippen molar-refractivity contribution in [2.24, 2.45) is 5.92 Å². The predicted octanol–water partition coefficient (Wildman–Crippen LogP) is 1.77. The first kappa shape index (κ1) is 30.5. The van der Waals surface area contributed by atoms with Crippen LogP contribution >= 0.6 is 0 Å². The van der Waals surface area contributed by atoms with Gasteiger partial charge in [-0.25, -0.2) is 4.79 Å². The number of esters is 3. The van der Waals surface area contributed by atoms with Crippen molar-refractivity contribution in [2.45, 2.75) is 50.1 Å². The molecule has 0 radical (unpaired) electrons. The minimum absolute atomic E-state index is 0.0113. The van der Waals surface area contributed by atoms with E-state index in [-0.39, 0.29) is 36.9 Å². The minimum Gasteiger partial charge on any atom is -0.469 e. The molecule has 1 heterocycles. The summed E-state index contributed by atoms with van der Waals surface area (Å²) in [5.74, 6) is -5.26. The number of halogens is 3. The number of anilines is 1. The molecule has 2 unspecified atom stereocenters. The van der Waals surface area contributed by atoms with Gasteiger partial charge in [0.05, 0.1) is 39.5 Å². The Hall–Kier alpha value is -3.68. The highest BCUT2D eigenvalue weighted by Gasteiger charge is 2.48. The van der Waals surface area contributed by atoms with Crippen LogP contribution in [0.5, 0.6) is 0 Å². The highest BCUT2D eigenvalue weighted by molar-refractivity contribution is 5.99. The van der Waals surface area contributed by atoms with Crippen LogP contribution in [0.1, 0.15) is 36.0 Å². The van der Waals surface area contributed by atoms with Crippen LogP contribution in [0.3, 0.4) is 0 Å². The predicted molar refractivity (Wildman–Crippen MR) is 124 cm³/mol. The number of carbonyl (C=O) groups is 5. The van der Waals surface area contributed by atoms with Gasteiger partial charge in [-0.05, 0) is 43.5 Å². The molecule has 2 rings (SSSR count). The van der Waals surface area contributed by atoms with Gasteiger partial charge in [0, 0.05) is 24.7 Å². The molecule has 210 valence electrons. The lowest BCUT2D eigenvalue weighted by Crippen LogP contribution is -2.42. The molecule has 1 aromatic rings. The number of epoxide rings is 1. The first-order valence-electron chi connectivity index (χ1n) is 11.5. The van der Waals surface area contributed by atoms with Crippen LogP contribution in [0.25, 0.3) is 0 Å². The number of hydrogen-bond acceptors (Lipinski definition) is 9. The summed E-state index contributed by atoms with van der Waals surface area (Å²) in [6.07, 6.45) is -5.53. The lowest BCUT2D eigenvalue weighted by atomic mass is 9.95. The molecule has 0 saturated carbocycles. The maximum Gasteiger partial charge on any atom is 0.471 e. The number of rotatable bonds is 12. The summed E-state index contributed by atoms with van der Waals surface area (Å²) < 4.78 is 57.6. The second kappa shape index (κ2) is 13.2. The molecule has 0 aliphatic carbocycles. The lowest BCUT2D eigenvalue weighted by Gasteiger charge is -2.19. The summed E-state index contributed by atoms with van der Waals surface area (Å²) in [4.78, 5) is 60.3. The maximum absolute atomic E-state index is 12.7. The number of amides is 2. The summed E-state index contributed by atoms with van der Waals surface area (Å²) in [5, 5.41) is 2.51. The van der Waals surface area contributed by atoms with Crippen molar-refractivity contribution in [2.75, 3.05) is 33.3 Å². The van der Waals surface area contributed by atoms with E-state index in [0.29, 0.717) is 4.90 Å². The Labute approximate surface area is 216 Å². The third-order valence-corrected chi connectivity index (χ3v) is 6.00. The van der Waals surface area contributed by atoms with Crippen LogP contribution < -0.4 is 10.2 Å². The molecule has 1 fully saturated rings. The van der Waals surface area contributed by atoms with E-state index in [1.165, 1.54) is 26.4 Å². The minimum atomic E-state index is -5.05. The molecular formula is C24H29F3N2O9. The smallest absolute Gasteiger partial charge is 0.469 e. The Morgan fingerprint density at radius 3 is 2.11 bits per heavy atom. The van der Waals surface area contributed by atoms with E-state index >= 15 is 0 Å². The number of methoxy groups -OCH3 is 3. The van der Waals surface area contributed by atoms with Crippen molar-refractivity contribution in [3.63, 3.8) is 0 Å². The summed E-state index contributed by atoms with van der Waals surface area (Å²) in [6, 6.07) is 3.66. The van der Waals surface area contributed by atoms with Crippen LogP contribution in [0.4, 0.5) is 18.9 Å². The molecule has 0 bridgehead atoms. The van der Waals surface area contributed by atoms with Crippen molar-refractivity contribution in [3.05, 3.63) is 29.8 Å². The number of nitrogens with one attached hydrogen (secondary N) is 1. The maximum atomic E-state index is 12.7. The molecule has 1 N–H and O–H groups in total. The van der Waals surface area contributed by atoms with Crippen molar-refractivity contribution in [1.29, 1.82) is 0 Å². The van der Waals surface area contributed by atoms with Gasteiger partial charge in [-0.3, -0.25) is 19.2 Å². The standard InChI is InChI=1S/C24H29F3N2O9/c1-29(23(34)24(25,26)27)14-7-5-13(6-8-14)20(31)28-16(22(33)37-4)10-11-17-19(38-17)15(21(32)36-3)9-12-18(30)35-2/h5-8,15-17,19H,9-12H2,1-4H3,(H,28,31)/t15-,16-,17?,19?/m0/s1. The first-order valence-corrected chi connectivity index (χ1v) is 11.5. The molecule has 2 amide bonds. The number of ether oxygens (including phenoxy) is 4. The molecule has 1 saturated heterocycles. The fourth-order valence-electron chi connectivity index (χ4n) is 3.79. The third-order valence-electron chi connectivity index (χ3n) is 6.00. The molecule has 1 aliphatic heterocycles. The van der Waals surface area contributed by atoms with Gasteiger partial charge in [-0.15, -0.1) is 0 Å². The van der Waals surface area contributed by atoms with Gasteiger partial charge >= 0.3 is 30.0 Å². The molecule has 0 spiro atoms. The quantitative estimate of drug-likeness (QED) is 0.236. The van der Waals surface area contributed by atoms with Gasteiger partial charge in [0.1, 0.15) is 6.04 Å². The van der Waals surface area contributed by atoms with Crippen LogP contribution in [-0.2, 0) is 38.1 Å². The average Bonchev–Trinajstić information content (AvgIpc) is 3.67. The fourth-order valence-corrected chi connectivity index (χ4v) is 3.79. The van der Waals surface area contributed by atoms with E-state index in [0.717, 1.165) is 26.3 Å². The molecule has 1 aromatic carbocycles. The molecular weight excluding hydrogens is 517 g/mol. The van der Waals surface area contributed by atoms with Gasteiger partial charge in [-0.1, -0.05) is 0 Å². The number of nitrogens with zero attached hydrogens (tertiary/aromatic N) is 1. The number of benzene rings is 1. The van der Waals surface area contributed by atoms with Crippen molar-refractivity contribution in [1.82, 2.24) is 5.32 Å². The van der Waals surface area contributed by atoms with Crippen LogP contribution in [0.15, 0.2) is 24.3 Å². The summed E-state index contributed by atoms with van der Waals surface area (Å²) in [6.45, 7) is 0. The van der Waals surface area contributed by atoms with Gasteiger partial charge in [-0.2, -0.15) is 13.2 Å². The molecule has 11 nitrogen and oxygen atoms in total. The summed E-state index contributed by atoms with van der Waals surface area (Å²) in [7, 11) is 4.53. The Morgan fingerprint density at radius 1 is 0.974 bits per heavy atom. The lowest BCUT2D eigenvalue weighted by molar-refractivity contribution is -0.170. The fraction of sp³-hybridized carbons (Fsp3) is 0.542. The number of carbonyl (C=O) groups excluding carboxylic acids is 5. The van der Waals surface area contributed by atoms with E-state index in [1.807, 2.05) is 0 Å². The van der Waals surface area contributed by atoms with Crippen LogP contribution in [0.2, 0.25) is 0 Å². The van der Waals surface area contributed by atoms with Gasteiger partial charge in [0.15, 0.2) is 0 Å². The van der Waals surface area contributed by atoms with E-state index in [2.05, 4.69) is 10.1 Å².